The van der Waals surface area contributed by atoms with E-state index in [1.54, 1.807) is 12.1 Å². The molecule has 0 saturated heterocycles. The second-order valence-corrected chi connectivity index (χ2v) is 5.03. The maximum Gasteiger partial charge on any atom is 0.278 e. The number of nitrogens with zero attached hydrogens (tertiary/aromatic N) is 2. The summed E-state index contributed by atoms with van der Waals surface area (Å²) < 4.78 is 2.16. The number of benzene rings is 2. The number of nitro benzene ring substituents is 1. The number of aryl methyl sites for hydroxylation is 1. The molecule has 0 atom stereocenters. The highest BCUT2D eigenvalue weighted by molar-refractivity contribution is 5.90. The predicted octanol–water partition coefficient (Wildman–Crippen LogP) is 4.16. The van der Waals surface area contributed by atoms with Crippen molar-refractivity contribution in [1.29, 1.82) is 0 Å². The van der Waals surface area contributed by atoms with Gasteiger partial charge in [-0.05, 0) is 24.1 Å². The van der Waals surface area contributed by atoms with E-state index in [2.05, 4.69) is 23.6 Å². The van der Waals surface area contributed by atoms with Crippen LogP contribution in [0.4, 0.5) is 5.69 Å². The van der Waals surface area contributed by atoms with Crippen LogP contribution in [0.15, 0.2) is 54.6 Å². The zero-order valence-corrected chi connectivity index (χ0v) is 11.8. The van der Waals surface area contributed by atoms with E-state index in [-0.39, 0.29) is 10.6 Å². The summed E-state index contributed by atoms with van der Waals surface area (Å²) in [4.78, 5) is 10.9. The first-order valence-corrected chi connectivity index (χ1v) is 7.00. The Morgan fingerprint density at radius 3 is 2.52 bits per heavy atom. The lowest BCUT2D eigenvalue weighted by molar-refractivity contribution is -0.383. The van der Waals surface area contributed by atoms with Gasteiger partial charge in [0.1, 0.15) is 0 Å². The zero-order valence-electron chi connectivity index (χ0n) is 11.8. The SMILES string of the molecule is CCc1cc2c([N+](=O)[O-])cccc2n1Cc1ccccc1. The van der Waals surface area contributed by atoms with Crippen LogP contribution in [-0.4, -0.2) is 9.49 Å². The van der Waals surface area contributed by atoms with Crippen molar-refractivity contribution in [3.05, 3.63) is 76.0 Å². The summed E-state index contributed by atoms with van der Waals surface area (Å²) in [6, 6.07) is 17.4. The third-order valence-corrected chi connectivity index (χ3v) is 3.75. The van der Waals surface area contributed by atoms with Gasteiger partial charge in [-0.15, -0.1) is 0 Å². The van der Waals surface area contributed by atoms with Crippen molar-refractivity contribution in [1.82, 2.24) is 4.57 Å². The van der Waals surface area contributed by atoms with Gasteiger partial charge < -0.3 is 4.57 Å². The van der Waals surface area contributed by atoms with Crippen LogP contribution in [-0.2, 0) is 13.0 Å². The topological polar surface area (TPSA) is 48.1 Å². The van der Waals surface area contributed by atoms with Crippen LogP contribution in [0.25, 0.3) is 10.9 Å². The van der Waals surface area contributed by atoms with Gasteiger partial charge in [0.2, 0.25) is 0 Å². The molecule has 0 aliphatic carbocycles. The Hall–Kier alpha value is -2.62. The molecule has 4 nitrogen and oxygen atoms in total. The average molecular weight is 280 g/mol. The van der Waals surface area contributed by atoms with Gasteiger partial charge in [0.05, 0.1) is 15.8 Å². The molecule has 3 aromatic rings. The molecule has 2 aromatic carbocycles. The number of non-ortho nitro benzene ring substituents is 1. The van der Waals surface area contributed by atoms with Gasteiger partial charge in [0.15, 0.2) is 0 Å². The van der Waals surface area contributed by atoms with Crippen LogP contribution in [0.3, 0.4) is 0 Å². The lowest BCUT2D eigenvalue weighted by Crippen LogP contribution is -2.03. The van der Waals surface area contributed by atoms with Gasteiger partial charge in [-0.3, -0.25) is 10.1 Å². The molecule has 0 saturated carbocycles. The van der Waals surface area contributed by atoms with Crippen molar-refractivity contribution >= 4 is 16.6 Å². The molecule has 0 aliphatic heterocycles. The molecular formula is C17H16N2O2. The Kier molecular flexibility index (Phi) is 3.44. The summed E-state index contributed by atoms with van der Waals surface area (Å²) in [5.74, 6) is 0. The second-order valence-electron chi connectivity index (χ2n) is 5.03. The minimum Gasteiger partial charge on any atom is -0.340 e. The number of fused-ring (bicyclic) bond motifs is 1. The van der Waals surface area contributed by atoms with E-state index in [1.165, 1.54) is 5.56 Å². The first-order chi connectivity index (χ1) is 10.2. The molecule has 0 bridgehead atoms. The summed E-state index contributed by atoms with van der Waals surface area (Å²) >= 11 is 0. The first kappa shape index (κ1) is 13.4. The molecule has 0 radical (unpaired) electrons. The van der Waals surface area contributed by atoms with E-state index in [9.17, 15) is 10.1 Å². The molecule has 21 heavy (non-hydrogen) atoms. The fourth-order valence-electron chi connectivity index (χ4n) is 2.73. The Morgan fingerprint density at radius 1 is 1.10 bits per heavy atom. The normalized spacial score (nSPS) is 10.9. The molecule has 0 amide bonds. The second kappa shape index (κ2) is 5.40. The summed E-state index contributed by atoms with van der Waals surface area (Å²) in [7, 11) is 0. The van der Waals surface area contributed by atoms with Crippen LogP contribution in [0.1, 0.15) is 18.2 Å². The summed E-state index contributed by atoms with van der Waals surface area (Å²) in [6.07, 6.45) is 0.846. The van der Waals surface area contributed by atoms with Crippen molar-refractivity contribution < 1.29 is 4.92 Å². The highest BCUT2D eigenvalue weighted by Crippen LogP contribution is 2.29. The highest BCUT2D eigenvalue weighted by atomic mass is 16.6. The zero-order chi connectivity index (χ0) is 14.8. The molecule has 0 N–H and O–H groups in total. The van der Waals surface area contributed by atoms with Crippen molar-refractivity contribution in [2.24, 2.45) is 0 Å². The minimum atomic E-state index is -0.311. The van der Waals surface area contributed by atoms with Gasteiger partial charge >= 0.3 is 0 Å². The quantitative estimate of drug-likeness (QED) is 0.532. The molecule has 1 heterocycles. The molecular weight excluding hydrogens is 264 g/mol. The van der Waals surface area contributed by atoms with Gasteiger partial charge in [-0.25, -0.2) is 0 Å². The Bertz CT molecular complexity index is 791. The van der Waals surface area contributed by atoms with E-state index in [1.807, 2.05) is 30.3 Å². The van der Waals surface area contributed by atoms with E-state index in [0.717, 1.165) is 29.6 Å². The molecule has 0 spiro atoms. The van der Waals surface area contributed by atoms with E-state index in [0.29, 0.717) is 0 Å². The van der Waals surface area contributed by atoms with Crippen LogP contribution >= 0.6 is 0 Å². The fourth-order valence-corrected chi connectivity index (χ4v) is 2.73. The van der Waals surface area contributed by atoms with Gasteiger partial charge in [0, 0.05) is 18.3 Å². The first-order valence-electron chi connectivity index (χ1n) is 7.00. The average Bonchev–Trinajstić information content (AvgIpc) is 2.86. The smallest absolute Gasteiger partial charge is 0.278 e. The van der Waals surface area contributed by atoms with E-state index < -0.39 is 0 Å². The lowest BCUT2D eigenvalue weighted by Gasteiger charge is -2.09. The predicted molar refractivity (Wildman–Crippen MR) is 83.5 cm³/mol. The fraction of sp³-hybridized carbons (Fsp3) is 0.176. The van der Waals surface area contributed by atoms with Crippen LogP contribution < -0.4 is 0 Å². The Labute approximate surface area is 122 Å². The van der Waals surface area contributed by atoms with Crippen molar-refractivity contribution in [3.63, 3.8) is 0 Å². The molecule has 0 unspecified atom stereocenters. The maximum atomic E-state index is 11.2. The van der Waals surface area contributed by atoms with Crippen LogP contribution in [0.5, 0.6) is 0 Å². The highest BCUT2D eigenvalue weighted by Gasteiger charge is 2.16. The molecule has 4 heteroatoms. The lowest BCUT2D eigenvalue weighted by atomic mass is 10.2. The maximum absolute atomic E-state index is 11.2. The molecule has 1 aromatic heterocycles. The van der Waals surface area contributed by atoms with Crippen LogP contribution in [0.2, 0.25) is 0 Å². The summed E-state index contributed by atoms with van der Waals surface area (Å²) in [6.45, 7) is 2.80. The third kappa shape index (κ3) is 2.40. The largest absolute Gasteiger partial charge is 0.340 e. The van der Waals surface area contributed by atoms with Crippen molar-refractivity contribution in [3.8, 4) is 0 Å². The standard InChI is InChI=1S/C17H16N2O2/c1-2-14-11-15-16(9-6-10-17(15)19(20)21)18(14)12-13-7-4-3-5-8-13/h3-11H,2,12H2,1H3. The summed E-state index contributed by atoms with van der Waals surface area (Å²) in [5, 5.41) is 11.9. The monoisotopic (exact) mass is 280 g/mol. The third-order valence-electron chi connectivity index (χ3n) is 3.75. The van der Waals surface area contributed by atoms with Gasteiger partial charge in [0.25, 0.3) is 5.69 Å². The number of rotatable bonds is 4. The molecule has 106 valence electrons. The number of hydrogen-bond donors (Lipinski definition) is 0. The Balaban J connectivity index is 2.17. The van der Waals surface area contributed by atoms with E-state index >= 15 is 0 Å². The van der Waals surface area contributed by atoms with Crippen LogP contribution in [0, 0.1) is 10.1 Å². The minimum absolute atomic E-state index is 0.175. The Morgan fingerprint density at radius 2 is 1.86 bits per heavy atom. The number of hydrogen-bond acceptors (Lipinski definition) is 2. The molecule has 0 fully saturated rings. The van der Waals surface area contributed by atoms with Gasteiger partial charge in [-0.1, -0.05) is 43.3 Å². The van der Waals surface area contributed by atoms with Crippen molar-refractivity contribution in [2.75, 3.05) is 0 Å². The number of aromatic nitrogens is 1. The number of nitro groups is 1. The molecule has 3 rings (SSSR count). The molecule has 0 aliphatic rings. The summed E-state index contributed by atoms with van der Waals surface area (Å²) in [5.41, 5.74) is 3.40. The van der Waals surface area contributed by atoms with Crippen molar-refractivity contribution in [2.45, 2.75) is 19.9 Å². The van der Waals surface area contributed by atoms with Gasteiger partial charge in [-0.2, -0.15) is 0 Å². The van der Waals surface area contributed by atoms with E-state index in [4.69, 9.17) is 0 Å².